The fourth-order valence-corrected chi connectivity index (χ4v) is 2.46. The number of nitro benzene ring substituents is 1. The van der Waals surface area contributed by atoms with Gasteiger partial charge in [0, 0.05) is 23.5 Å². The molecular formula is C15H13N3O3S. The molecule has 0 spiro atoms. The molecule has 0 aliphatic carbocycles. The molecule has 0 saturated heterocycles. The molecule has 1 aromatic carbocycles. The third-order valence-corrected chi connectivity index (χ3v) is 3.35. The molecule has 0 bridgehead atoms. The number of carbonyl (C=O) groups is 1. The number of carbonyl (C=O) groups excluding carboxylic acids is 1. The Labute approximate surface area is 131 Å². The lowest BCUT2D eigenvalue weighted by Gasteiger charge is -2.00. The van der Waals surface area contributed by atoms with Gasteiger partial charge >= 0.3 is 0 Å². The third-order valence-electron chi connectivity index (χ3n) is 2.65. The number of rotatable bonds is 4. The van der Waals surface area contributed by atoms with Gasteiger partial charge in [-0.15, -0.1) is 0 Å². The topological polar surface area (TPSA) is 86.0 Å². The fraction of sp³-hybridized carbons (Fsp3) is 0.133. The first-order valence-corrected chi connectivity index (χ1v) is 7.22. The number of non-ortho nitro benzene ring substituents is 1. The number of benzene rings is 1. The van der Waals surface area contributed by atoms with Crippen molar-refractivity contribution in [2.75, 3.05) is 0 Å². The van der Waals surface area contributed by atoms with E-state index in [4.69, 9.17) is 0 Å². The van der Waals surface area contributed by atoms with Gasteiger partial charge in [-0.2, -0.15) is 0 Å². The highest BCUT2D eigenvalue weighted by molar-refractivity contribution is 8.13. The predicted octanol–water partition coefficient (Wildman–Crippen LogP) is 3.33. The zero-order valence-corrected chi connectivity index (χ0v) is 12.8. The maximum Gasteiger partial charge on any atom is 0.270 e. The third kappa shape index (κ3) is 4.49. The molecule has 22 heavy (non-hydrogen) atoms. The maximum absolute atomic E-state index is 11.9. The van der Waals surface area contributed by atoms with Gasteiger partial charge in [-0.1, -0.05) is 18.2 Å². The van der Waals surface area contributed by atoms with Crippen LogP contribution in [0.3, 0.4) is 0 Å². The summed E-state index contributed by atoms with van der Waals surface area (Å²) in [6.45, 7) is 3.67. The van der Waals surface area contributed by atoms with E-state index in [0.717, 1.165) is 23.1 Å². The Bertz CT molecular complexity index is 739. The van der Waals surface area contributed by atoms with Crippen LogP contribution in [-0.4, -0.2) is 20.0 Å². The average Bonchev–Trinajstić information content (AvgIpc) is 2.44. The number of aromatic nitrogens is 2. The summed E-state index contributed by atoms with van der Waals surface area (Å²) in [5, 5.41) is 10.8. The first kappa shape index (κ1) is 15.8. The molecule has 0 N–H and O–H groups in total. The van der Waals surface area contributed by atoms with Crippen molar-refractivity contribution in [2.45, 2.75) is 19.0 Å². The average molecular weight is 315 g/mol. The van der Waals surface area contributed by atoms with Gasteiger partial charge in [-0.25, -0.2) is 9.97 Å². The molecule has 0 saturated carbocycles. The molecule has 2 aromatic rings. The lowest BCUT2D eigenvalue weighted by atomic mass is 10.2. The van der Waals surface area contributed by atoms with Gasteiger partial charge in [-0.3, -0.25) is 14.9 Å². The Hall–Kier alpha value is -2.54. The van der Waals surface area contributed by atoms with Crippen LogP contribution in [0.5, 0.6) is 0 Å². The second-order valence-corrected chi connectivity index (χ2v) is 5.51. The van der Waals surface area contributed by atoms with E-state index < -0.39 is 4.92 Å². The molecule has 112 valence electrons. The molecule has 2 rings (SSSR count). The van der Waals surface area contributed by atoms with E-state index >= 15 is 0 Å². The van der Waals surface area contributed by atoms with Gasteiger partial charge in [0.05, 0.1) is 4.92 Å². The van der Waals surface area contributed by atoms with Gasteiger partial charge in [0.15, 0.2) is 5.16 Å². The smallest absolute Gasteiger partial charge is 0.270 e. The van der Waals surface area contributed by atoms with Crippen LogP contribution in [0, 0.1) is 24.0 Å². The van der Waals surface area contributed by atoms with Gasteiger partial charge in [0.1, 0.15) is 0 Å². The van der Waals surface area contributed by atoms with Crippen LogP contribution in [0.1, 0.15) is 17.0 Å². The van der Waals surface area contributed by atoms with Crippen molar-refractivity contribution in [3.63, 3.8) is 0 Å². The molecule has 7 heteroatoms. The van der Waals surface area contributed by atoms with Crippen molar-refractivity contribution in [3.8, 4) is 0 Å². The van der Waals surface area contributed by atoms with E-state index in [1.807, 2.05) is 19.9 Å². The van der Waals surface area contributed by atoms with E-state index in [1.54, 1.807) is 12.1 Å². The Morgan fingerprint density at radius 1 is 1.23 bits per heavy atom. The van der Waals surface area contributed by atoms with Crippen molar-refractivity contribution in [1.29, 1.82) is 0 Å². The fourth-order valence-electron chi connectivity index (χ4n) is 1.77. The van der Waals surface area contributed by atoms with E-state index in [-0.39, 0.29) is 10.8 Å². The van der Waals surface area contributed by atoms with E-state index in [1.165, 1.54) is 24.3 Å². The van der Waals surface area contributed by atoms with Crippen LogP contribution in [0.2, 0.25) is 0 Å². The van der Waals surface area contributed by atoms with Crippen molar-refractivity contribution in [1.82, 2.24) is 9.97 Å². The molecule has 0 radical (unpaired) electrons. The molecule has 0 aliphatic heterocycles. The number of thioether (sulfide) groups is 1. The molecule has 0 fully saturated rings. The van der Waals surface area contributed by atoms with Crippen molar-refractivity contribution in [3.05, 3.63) is 63.5 Å². The minimum atomic E-state index is -0.475. The molecule has 1 aromatic heterocycles. The molecule has 6 nitrogen and oxygen atoms in total. The summed E-state index contributed by atoms with van der Waals surface area (Å²) in [7, 11) is 0. The van der Waals surface area contributed by atoms with Crippen LogP contribution in [0.4, 0.5) is 5.69 Å². The van der Waals surface area contributed by atoms with Crippen LogP contribution in [0.15, 0.2) is 41.6 Å². The lowest BCUT2D eigenvalue weighted by Crippen LogP contribution is -1.95. The summed E-state index contributed by atoms with van der Waals surface area (Å²) in [4.78, 5) is 30.5. The van der Waals surface area contributed by atoms with E-state index in [9.17, 15) is 14.9 Å². The highest BCUT2D eigenvalue weighted by Gasteiger charge is 2.07. The van der Waals surface area contributed by atoms with Gasteiger partial charge in [-0.05, 0) is 43.3 Å². The minimum Gasteiger partial charge on any atom is -0.282 e. The first-order chi connectivity index (χ1) is 10.4. The molecule has 0 amide bonds. The molecule has 0 unspecified atom stereocenters. The summed E-state index contributed by atoms with van der Waals surface area (Å²) < 4.78 is 0. The summed E-state index contributed by atoms with van der Waals surface area (Å²) in [6.07, 6.45) is 2.88. The van der Waals surface area contributed by atoms with Crippen LogP contribution < -0.4 is 0 Å². The molecule has 1 heterocycles. The Kier molecular flexibility index (Phi) is 5.00. The lowest BCUT2D eigenvalue weighted by molar-refractivity contribution is -0.384. The summed E-state index contributed by atoms with van der Waals surface area (Å²) in [5.74, 6) is 0. The van der Waals surface area contributed by atoms with Crippen molar-refractivity contribution in [2.24, 2.45) is 0 Å². The van der Waals surface area contributed by atoms with Crippen molar-refractivity contribution >= 4 is 28.6 Å². The summed E-state index contributed by atoms with van der Waals surface area (Å²) >= 11 is 0.920. The number of hydrogen-bond donors (Lipinski definition) is 0. The monoisotopic (exact) mass is 315 g/mol. The second-order valence-electron chi connectivity index (χ2n) is 4.54. The largest absolute Gasteiger partial charge is 0.282 e. The first-order valence-electron chi connectivity index (χ1n) is 6.40. The maximum atomic E-state index is 11.9. The number of nitro groups is 1. The zero-order chi connectivity index (χ0) is 16.1. The molecule has 0 aliphatic rings. The van der Waals surface area contributed by atoms with E-state index in [2.05, 4.69) is 9.97 Å². The number of nitrogens with zero attached hydrogens (tertiary/aromatic N) is 3. The van der Waals surface area contributed by atoms with Gasteiger partial charge in [0.25, 0.3) is 5.69 Å². The molecular weight excluding hydrogens is 302 g/mol. The molecule has 0 atom stereocenters. The Morgan fingerprint density at radius 2 is 1.91 bits per heavy atom. The predicted molar refractivity (Wildman–Crippen MR) is 84.5 cm³/mol. The normalized spacial score (nSPS) is 10.8. The zero-order valence-electron chi connectivity index (χ0n) is 12.0. The quantitative estimate of drug-likeness (QED) is 0.283. The number of aryl methyl sites for hydroxylation is 2. The summed E-state index contributed by atoms with van der Waals surface area (Å²) in [5.41, 5.74) is 2.17. The SMILES string of the molecule is Cc1cc(C)nc(SC(=O)C=Cc2cccc([N+](=O)[O-])c2)n1. The Morgan fingerprint density at radius 3 is 2.55 bits per heavy atom. The standard InChI is InChI=1S/C15H13N3O3S/c1-10-8-11(2)17-15(16-10)22-14(19)7-6-12-4-3-5-13(9-12)18(20)21/h3-9H,1-2H3. The minimum absolute atomic E-state index is 0.0140. The van der Waals surface area contributed by atoms with Crippen LogP contribution >= 0.6 is 11.8 Å². The van der Waals surface area contributed by atoms with Crippen LogP contribution in [-0.2, 0) is 4.79 Å². The van der Waals surface area contributed by atoms with Gasteiger partial charge < -0.3 is 0 Å². The number of hydrogen-bond acceptors (Lipinski definition) is 6. The van der Waals surface area contributed by atoms with E-state index in [0.29, 0.717) is 10.7 Å². The highest BCUT2D eigenvalue weighted by Crippen LogP contribution is 2.18. The van der Waals surface area contributed by atoms with Crippen molar-refractivity contribution < 1.29 is 9.72 Å². The Balaban J connectivity index is 2.08. The van der Waals surface area contributed by atoms with Gasteiger partial charge in [0.2, 0.25) is 5.12 Å². The van der Waals surface area contributed by atoms with Crippen LogP contribution in [0.25, 0.3) is 6.08 Å². The second kappa shape index (κ2) is 6.95. The summed E-state index contributed by atoms with van der Waals surface area (Å²) in [6, 6.07) is 7.89. The highest BCUT2D eigenvalue weighted by atomic mass is 32.2.